The van der Waals surface area contributed by atoms with Crippen molar-refractivity contribution in [3.63, 3.8) is 0 Å². The summed E-state index contributed by atoms with van der Waals surface area (Å²) in [5.41, 5.74) is 8.85. The zero-order valence-electron chi connectivity index (χ0n) is 9.44. The zero-order chi connectivity index (χ0) is 12.7. The third-order valence-electron chi connectivity index (χ3n) is 1.87. The third kappa shape index (κ3) is 5.51. The molecule has 0 aliphatic rings. The van der Waals surface area contributed by atoms with Gasteiger partial charge in [0.1, 0.15) is 0 Å². The highest BCUT2D eigenvalue weighted by Gasteiger charge is 2.02. The number of nitrogens with one attached hydrogen (secondary N) is 1. The lowest BCUT2D eigenvalue weighted by atomic mass is 10.1. The molecule has 1 aromatic rings. The molecule has 3 N–H and O–H groups in total. The predicted octanol–water partition coefficient (Wildman–Crippen LogP) is 2.07. The number of benzene rings is 1. The van der Waals surface area contributed by atoms with Crippen LogP contribution in [0.5, 0.6) is 0 Å². The first-order chi connectivity index (χ1) is 8.11. The van der Waals surface area contributed by atoms with E-state index in [2.05, 4.69) is 22.7 Å². The molecule has 0 saturated carbocycles. The van der Waals surface area contributed by atoms with Crippen molar-refractivity contribution in [2.24, 2.45) is 10.8 Å². The molecule has 1 aromatic carbocycles. The Kier molecular flexibility index (Phi) is 5.72. The molecule has 17 heavy (non-hydrogen) atoms. The Bertz CT molecular complexity index is 406. The van der Waals surface area contributed by atoms with Gasteiger partial charge >= 0.3 is 0 Å². The lowest BCUT2D eigenvalue weighted by Gasteiger charge is -2.07. The number of hydrogen-bond acceptors (Lipinski definition) is 3. The monoisotopic (exact) mass is 271 g/mol. The first kappa shape index (κ1) is 13.7. The Morgan fingerprint density at radius 2 is 2.12 bits per heavy atom. The van der Waals surface area contributed by atoms with Crippen LogP contribution < -0.4 is 11.2 Å². The average Bonchev–Trinajstić information content (AvgIpc) is 2.29. The van der Waals surface area contributed by atoms with Gasteiger partial charge < -0.3 is 10.5 Å². The van der Waals surface area contributed by atoms with E-state index in [1.54, 1.807) is 0 Å². The highest BCUT2D eigenvalue weighted by Crippen LogP contribution is 2.10. The molecule has 4 nitrogen and oxygen atoms in total. The maximum atomic E-state index is 5.80. The van der Waals surface area contributed by atoms with Gasteiger partial charge in [-0.05, 0) is 36.8 Å². The summed E-state index contributed by atoms with van der Waals surface area (Å²) >= 11 is 10.5. The van der Waals surface area contributed by atoms with Gasteiger partial charge in [0.15, 0.2) is 5.11 Å². The molecule has 0 aromatic heterocycles. The van der Waals surface area contributed by atoms with Gasteiger partial charge in [-0.1, -0.05) is 23.7 Å². The predicted molar refractivity (Wildman–Crippen MR) is 74.1 cm³/mol. The maximum Gasteiger partial charge on any atom is 0.210 e. The molecule has 0 aliphatic carbocycles. The number of ether oxygens (including phenoxy) is 1. The lowest BCUT2D eigenvalue weighted by Crippen LogP contribution is -2.26. The second-order valence-corrected chi connectivity index (χ2v) is 4.09. The van der Waals surface area contributed by atoms with Gasteiger partial charge in [0.2, 0.25) is 5.90 Å². The molecular formula is C11H14ClN3OS. The Balaban J connectivity index is 2.68. The van der Waals surface area contributed by atoms with Gasteiger partial charge in [-0.15, -0.1) is 5.10 Å². The van der Waals surface area contributed by atoms with E-state index < -0.39 is 0 Å². The van der Waals surface area contributed by atoms with Gasteiger partial charge in [-0.2, -0.15) is 0 Å². The molecule has 0 unspecified atom stereocenters. The van der Waals surface area contributed by atoms with Crippen LogP contribution in [0.3, 0.4) is 0 Å². The number of halogens is 1. The van der Waals surface area contributed by atoms with Crippen LogP contribution in [0.4, 0.5) is 0 Å². The quantitative estimate of drug-likeness (QED) is 0.381. The van der Waals surface area contributed by atoms with Crippen LogP contribution in [0.1, 0.15) is 12.5 Å². The summed E-state index contributed by atoms with van der Waals surface area (Å²) in [6.07, 6.45) is 0.556. The second-order valence-electron chi connectivity index (χ2n) is 3.22. The van der Waals surface area contributed by atoms with Crippen LogP contribution >= 0.6 is 23.8 Å². The molecule has 0 aliphatic heterocycles. The molecule has 92 valence electrons. The van der Waals surface area contributed by atoms with Crippen molar-refractivity contribution in [3.8, 4) is 0 Å². The number of rotatable bonds is 4. The third-order valence-corrected chi connectivity index (χ3v) is 2.21. The van der Waals surface area contributed by atoms with Crippen molar-refractivity contribution in [2.75, 3.05) is 6.61 Å². The summed E-state index contributed by atoms with van der Waals surface area (Å²) in [6, 6.07) is 7.47. The van der Waals surface area contributed by atoms with Crippen molar-refractivity contribution in [1.29, 1.82) is 0 Å². The van der Waals surface area contributed by atoms with Crippen molar-refractivity contribution in [3.05, 3.63) is 34.9 Å². The Morgan fingerprint density at radius 1 is 1.47 bits per heavy atom. The zero-order valence-corrected chi connectivity index (χ0v) is 11.0. The summed E-state index contributed by atoms with van der Waals surface area (Å²) in [4.78, 5) is 0. The van der Waals surface area contributed by atoms with Crippen molar-refractivity contribution in [2.45, 2.75) is 13.3 Å². The highest BCUT2D eigenvalue weighted by atomic mass is 35.5. The number of hydrogen-bond donors (Lipinski definition) is 2. The number of nitrogens with two attached hydrogens (primary N) is 1. The molecule has 0 fully saturated rings. The SMILES string of the molecule is CCO/C(Cc1ccc(Cl)cc1)=N\NC(N)=S. The van der Waals surface area contributed by atoms with E-state index in [-0.39, 0.29) is 5.11 Å². The average molecular weight is 272 g/mol. The van der Waals surface area contributed by atoms with E-state index in [9.17, 15) is 0 Å². The fraction of sp³-hybridized carbons (Fsp3) is 0.273. The molecular weight excluding hydrogens is 258 g/mol. The van der Waals surface area contributed by atoms with Crippen LogP contribution in [0.15, 0.2) is 29.4 Å². The largest absolute Gasteiger partial charge is 0.480 e. The van der Waals surface area contributed by atoms with Gasteiger partial charge in [0.25, 0.3) is 0 Å². The van der Waals surface area contributed by atoms with E-state index in [1.165, 1.54) is 0 Å². The molecule has 1 rings (SSSR count). The van der Waals surface area contributed by atoms with E-state index in [0.717, 1.165) is 5.56 Å². The molecule has 0 saturated heterocycles. The minimum Gasteiger partial charge on any atom is -0.480 e. The van der Waals surface area contributed by atoms with Crippen LogP contribution in [-0.4, -0.2) is 17.6 Å². The summed E-state index contributed by atoms with van der Waals surface area (Å²) in [6.45, 7) is 2.42. The summed E-state index contributed by atoms with van der Waals surface area (Å²) in [7, 11) is 0. The minimum atomic E-state index is 0.110. The number of nitrogens with zero attached hydrogens (tertiary/aromatic N) is 1. The summed E-state index contributed by atoms with van der Waals surface area (Å²) in [5.74, 6) is 0.530. The summed E-state index contributed by atoms with van der Waals surface area (Å²) < 4.78 is 5.37. The fourth-order valence-electron chi connectivity index (χ4n) is 1.18. The van der Waals surface area contributed by atoms with E-state index in [0.29, 0.717) is 23.9 Å². The normalized spacial score (nSPS) is 11.1. The molecule has 0 atom stereocenters. The van der Waals surface area contributed by atoms with E-state index >= 15 is 0 Å². The Morgan fingerprint density at radius 3 is 2.65 bits per heavy atom. The van der Waals surface area contributed by atoms with Gasteiger partial charge in [-0.3, -0.25) is 5.43 Å². The number of thiocarbonyl (C=S) groups is 1. The first-order valence-electron chi connectivity index (χ1n) is 5.11. The van der Waals surface area contributed by atoms with Crippen LogP contribution in [0.25, 0.3) is 0 Å². The first-order valence-corrected chi connectivity index (χ1v) is 5.89. The standard InChI is InChI=1S/C11H14ClN3OS/c1-2-16-10(14-15-11(13)17)7-8-3-5-9(12)6-4-8/h3-6H,2,7H2,1H3,(H3,13,15,17)/b14-10-. The molecule has 0 spiro atoms. The molecule has 0 heterocycles. The van der Waals surface area contributed by atoms with E-state index in [1.807, 2.05) is 31.2 Å². The minimum absolute atomic E-state index is 0.110. The van der Waals surface area contributed by atoms with Crippen LogP contribution in [0, 0.1) is 0 Å². The molecule has 0 radical (unpaired) electrons. The molecule has 0 amide bonds. The Labute approximate surface area is 111 Å². The van der Waals surface area contributed by atoms with Crippen LogP contribution in [-0.2, 0) is 11.2 Å². The topological polar surface area (TPSA) is 59.6 Å². The second kappa shape index (κ2) is 7.09. The highest BCUT2D eigenvalue weighted by molar-refractivity contribution is 7.80. The smallest absolute Gasteiger partial charge is 0.210 e. The van der Waals surface area contributed by atoms with Crippen molar-refractivity contribution >= 4 is 34.8 Å². The van der Waals surface area contributed by atoms with Crippen molar-refractivity contribution < 1.29 is 4.74 Å². The van der Waals surface area contributed by atoms with Gasteiger partial charge in [0.05, 0.1) is 13.0 Å². The van der Waals surface area contributed by atoms with Gasteiger partial charge in [0, 0.05) is 5.02 Å². The van der Waals surface area contributed by atoms with Gasteiger partial charge in [-0.25, -0.2) is 0 Å². The number of hydrazone groups is 1. The fourth-order valence-corrected chi connectivity index (χ4v) is 1.36. The van der Waals surface area contributed by atoms with E-state index in [4.69, 9.17) is 22.1 Å². The van der Waals surface area contributed by atoms with Crippen molar-refractivity contribution in [1.82, 2.24) is 5.43 Å². The maximum absolute atomic E-state index is 5.80. The van der Waals surface area contributed by atoms with Crippen LogP contribution in [0.2, 0.25) is 5.02 Å². The lowest BCUT2D eigenvalue weighted by molar-refractivity contribution is 0.317. The Hall–Kier alpha value is -1.33. The molecule has 0 bridgehead atoms. The molecule has 6 heteroatoms. The summed E-state index contributed by atoms with van der Waals surface area (Å²) in [5, 5.41) is 4.78.